The van der Waals surface area contributed by atoms with Crippen molar-refractivity contribution in [3.05, 3.63) is 35.4 Å². The lowest BCUT2D eigenvalue weighted by atomic mass is 9.94. The number of rotatable bonds is 8. The molecule has 0 aliphatic heterocycles. The summed E-state index contributed by atoms with van der Waals surface area (Å²) in [7, 11) is 0. The second kappa shape index (κ2) is 10.3. The zero-order chi connectivity index (χ0) is 21.6. The molecule has 1 N–H and O–H groups in total. The van der Waals surface area contributed by atoms with Crippen LogP contribution >= 0.6 is 12.2 Å². The van der Waals surface area contributed by atoms with Gasteiger partial charge in [-0.15, -0.1) is 5.10 Å². The van der Waals surface area contributed by atoms with Gasteiger partial charge >= 0.3 is 0 Å². The first-order valence-corrected chi connectivity index (χ1v) is 11.8. The number of pyridine rings is 1. The third-order valence-electron chi connectivity index (χ3n) is 6.06. The number of tetrazole rings is 1. The fourth-order valence-corrected chi connectivity index (χ4v) is 4.77. The van der Waals surface area contributed by atoms with E-state index in [2.05, 4.69) is 56.9 Å². The van der Waals surface area contributed by atoms with E-state index in [0.717, 1.165) is 53.4 Å². The Balaban J connectivity index is 1.60. The van der Waals surface area contributed by atoms with E-state index in [1.165, 1.54) is 37.7 Å². The summed E-state index contributed by atoms with van der Waals surface area (Å²) in [6.07, 6.45) is 7.12. The molecule has 8 heteroatoms. The lowest BCUT2D eigenvalue weighted by molar-refractivity contribution is 0.145. The fraction of sp³-hybridized carbons (Fsp3) is 0.565. The van der Waals surface area contributed by atoms with Crippen molar-refractivity contribution in [2.75, 3.05) is 19.8 Å². The molecule has 0 amide bonds. The van der Waals surface area contributed by atoms with Crippen LogP contribution in [0.3, 0.4) is 0 Å². The third-order valence-corrected chi connectivity index (χ3v) is 6.44. The van der Waals surface area contributed by atoms with Crippen molar-refractivity contribution in [1.29, 1.82) is 0 Å². The zero-order valence-corrected chi connectivity index (χ0v) is 19.3. The molecule has 0 unspecified atom stereocenters. The number of fused-ring (bicyclic) bond motifs is 3. The van der Waals surface area contributed by atoms with E-state index in [1.54, 1.807) is 0 Å². The number of hydrogen-bond donors (Lipinski definition) is 1. The molecule has 1 fully saturated rings. The number of aryl methyl sites for hydroxylation is 1. The molecule has 166 valence electrons. The SMILES string of the molecule is CCOCCCNC(=S)N(Cc1cc2cc(C)ccc2n2nnnc12)C1CCCCC1. The van der Waals surface area contributed by atoms with Crippen LogP contribution in [-0.4, -0.2) is 55.9 Å². The first-order chi connectivity index (χ1) is 15.2. The molecular formula is C23H32N6OS. The molecule has 4 rings (SSSR count). The van der Waals surface area contributed by atoms with E-state index >= 15 is 0 Å². The van der Waals surface area contributed by atoms with Crippen molar-refractivity contribution < 1.29 is 4.74 Å². The maximum atomic E-state index is 5.87. The van der Waals surface area contributed by atoms with Crippen molar-refractivity contribution in [2.45, 2.75) is 65.0 Å². The van der Waals surface area contributed by atoms with Gasteiger partial charge in [0.25, 0.3) is 0 Å². The van der Waals surface area contributed by atoms with Crippen molar-refractivity contribution in [3.8, 4) is 0 Å². The Labute approximate surface area is 189 Å². The lowest BCUT2D eigenvalue weighted by Gasteiger charge is -2.36. The fourth-order valence-electron chi connectivity index (χ4n) is 4.46. The first kappa shape index (κ1) is 21.9. The van der Waals surface area contributed by atoms with Crippen LogP contribution in [0.1, 0.15) is 56.6 Å². The Morgan fingerprint density at radius 2 is 2.10 bits per heavy atom. The molecule has 0 spiro atoms. The van der Waals surface area contributed by atoms with Crippen LogP contribution in [0.2, 0.25) is 0 Å². The number of hydrogen-bond acceptors (Lipinski definition) is 5. The summed E-state index contributed by atoms with van der Waals surface area (Å²) in [5.74, 6) is 0. The normalized spacial score (nSPS) is 14.9. The topological polar surface area (TPSA) is 67.6 Å². The highest BCUT2D eigenvalue weighted by molar-refractivity contribution is 7.80. The summed E-state index contributed by atoms with van der Waals surface area (Å²) in [6, 6.07) is 9.04. The third kappa shape index (κ3) is 5.13. The molecule has 3 aromatic rings. The highest BCUT2D eigenvalue weighted by Crippen LogP contribution is 2.27. The Hall–Kier alpha value is -2.32. The van der Waals surface area contributed by atoms with Crippen LogP contribution in [0.5, 0.6) is 0 Å². The lowest BCUT2D eigenvalue weighted by Crippen LogP contribution is -2.46. The maximum Gasteiger partial charge on any atom is 0.184 e. The van der Waals surface area contributed by atoms with Crippen LogP contribution < -0.4 is 5.32 Å². The molecule has 0 bridgehead atoms. The monoisotopic (exact) mass is 440 g/mol. The number of nitrogens with one attached hydrogen (secondary N) is 1. The van der Waals surface area contributed by atoms with E-state index in [1.807, 2.05) is 11.4 Å². The molecule has 7 nitrogen and oxygen atoms in total. The molecule has 0 radical (unpaired) electrons. The highest BCUT2D eigenvalue weighted by Gasteiger charge is 2.25. The van der Waals surface area contributed by atoms with Crippen molar-refractivity contribution in [3.63, 3.8) is 0 Å². The van der Waals surface area contributed by atoms with Gasteiger partial charge in [-0.25, -0.2) is 0 Å². The number of ether oxygens (including phenoxy) is 1. The molecule has 1 saturated carbocycles. The minimum atomic E-state index is 0.449. The van der Waals surface area contributed by atoms with Gasteiger partial charge in [-0.05, 0) is 74.0 Å². The molecule has 0 saturated heterocycles. The second-order valence-electron chi connectivity index (χ2n) is 8.35. The maximum absolute atomic E-state index is 5.87. The smallest absolute Gasteiger partial charge is 0.184 e. The van der Waals surface area contributed by atoms with Crippen LogP contribution in [0.4, 0.5) is 0 Å². The summed E-state index contributed by atoms with van der Waals surface area (Å²) in [5.41, 5.74) is 4.15. The average Bonchev–Trinajstić information content (AvgIpc) is 3.28. The number of benzene rings is 1. The number of thiocarbonyl (C=S) groups is 1. The molecule has 2 heterocycles. The van der Waals surface area contributed by atoms with Gasteiger partial charge < -0.3 is 15.0 Å². The van der Waals surface area contributed by atoms with Gasteiger partial charge in [-0.3, -0.25) is 0 Å². The average molecular weight is 441 g/mol. The first-order valence-electron chi connectivity index (χ1n) is 11.4. The van der Waals surface area contributed by atoms with Crippen molar-refractivity contribution in [2.24, 2.45) is 0 Å². The number of aromatic nitrogens is 4. The van der Waals surface area contributed by atoms with Crippen molar-refractivity contribution >= 4 is 33.9 Å². The van der Waals surface area contributed by atoms with E-state index in [0.29, 0.717) is 12.6 Å². The van der Waals surface area contributed by atoms with Gasteiger partial charge in [0, 0.05) is 43.3 Å². The van der Waals surface area contributed by atoms with Crippen LogP contribution in [-0.2, 0) is 11.3 Å². The van der Waals surface area contributed by atoms with E-state index in [4.69, 9.17) is 17.0 Å². The van der Waals surface area contributed by atoms with Gasteiger partial charge in [0.1, 0.15) is 0 Å². The standard InChI is InChI=1S/C23H32N6OS/c1-3-30-13-7-12-24-23(31)28(20-8-5-4-6-9-20)16-19-15-18-14-17(2)10-11-21(18)29-22(19)25-26-27-29/h10-11,14-15,20H,3-9,12-13,16H2,1-2H3,(H,24,31). The van der Waals surface area contributed by atoms with Gasteiger partial charge in [-0.2, -0.15) is 4.52 Å². The minimum Gasteiger partial charge on any atom is -0.382 e. The van der Waals surface area contributed by atoms with Gasteiger partial charge in [0.15, 0.2) is 10.8 Å². The van der Waals surface area contributed by atoms with E-state index in [9.17, 15) is 0 Å². The van der Waals surface area contributed by atoms with E-state index in [-0.39, 0.29) is 0 Å². The van der Waals surface area contributed by atoms with Gasteiger partial charge in [0.2, 0.25) is 0 Å². The molecular weight excluding hydrogens is 408 g/mol. The molecule has 2 aromatic heterocycles. The minimum absolute atomic E-state index is 0.449. The van der Waals surface area contributed by atoms with Gasteiger partial charge in [-0.1, -0.05) is 30.9 Å². The van der Waals surface area contributed by atoms with Gasteiger partial charge in [0.05, 0.1) is 5.52 Å². The predicted molar refractivity (Wildman–Crippen MR) is 127 cm³/mol. The van der Waals surface area contributed by atoms with Crippen LogP contribution in [0, 0.1) is 6.92 Å². The summed E-state index contributed by atoms with van der Waals surface area (Å²) in [6.45, 7) is 7.16. The Morgan fingerprint density at radius 1 is 1.26 bits per heavy atom. The quantitative estimate of drug-likeness (QED) is 0.419. The Bertz CT molecular complexity index is 1030. The molecule has 1 aromatic carbocycles. The summed E-state index contributed by atoms with van der Waals surface area (Å²) in [4.78, 5) is 2.36. The van der Waals surface area contributed by atoms with Crippen LogP contribution in [0.15, 0.2) is 24.3 Å². The highest BCUT2D eigenvalue weighted by atomic mass is 32.1. The summed E-state index contributed by atoms with van der Waals surface area (Å²) < 4.78 is 7.30. The van der Waals surface area contributed by atoms with Crippen molar-refractivity contribution in [1.82, 2.24) is 30.3 Å². The number of nitrogens with zero attached hydrogens (tertiary/aromatic N) is 5. The molecule has 1 aliphatic carbocycles. The summed E-state index contributed by atoms with van der Waals surface area (Å²) in [5, 5.41) is 18.0. The molecule has 31 heavy (non-hydrogen) atoms. The largest absolute Gasteiger partial charge is 0.382 e. The summed E-state index contributed by atoms with van der Waals surface area (Å²) >= 11 is 5.87. The Kier molecular flexibility index (Phi) is 7.29. The molecule has 0 atom stereocenters. The Morgan fingerprint density at radius 3 is 2.90 bits per heavy atom. The van der Waals surface area contributed by atoms with E-state index < -0.39 is 0 Å². The molecule has 1 aliphatic rings. The predicted octanol–water partition coefficient (Wildman–Crippen LogP) is 4.02. The van der Waals surface area contributed by atoms with Crippen LogP contribution in [0.25, 0.3) is 16.6 Å². The second-order valence-corrected chi connectivity index (χ2v) is 8.73. The zero-order valence-electron chi connectivity index (χ0n) is 18.5.